The van der Waals surface area contributed by atoms with Gasteiger partial charge in [-0.3, -0.25) is 9.48 Å². The fourth-order valence-corrected chi connectivity index (χ4v) is 3.54. The third kappa shape index (κ3) is 4.14. The quantitative estimate of drug-likeness (QED) is 0.797. The largest absolute Gasteiger partial charge is 0.390 e. The average molecular weight is 382 g/mol. The molecule has 4 rings (SSSR count). The maximum absolute atomic E-state index is 12.6. The van der Waals surface area contributed by atoms with Crippen LogP contribution in [0.1, 0.15) is 60.2 Å². The highest BCUT2D eigenvalue weighted by atomic mass is 19.4. The number of aromatic nitrogens is 5. The van der Waals surface area contributed by atoms with Gasteiger partial charge in [0.25, 0.3) is 5.91 Å². The molecular weight excluding hydrogens is 361 g/mol. The van der Waals surface area contributed by atoms with Gasteiger partial charge in [0.05, 0.1) is 18.2 Å². The number of carbonyl (C=O) groups excluding carboxylic acids is 1. The van der Waals surface area contributed by atoms with Crippen molar-refractivity contribution in [2.24, 2.45) is 0 Å². The molecule has 1 aliphatic carbocycles. The molecule has 146 valence electrons. The van der Waals surface area contributed by atoms with Crippen LogP contribution in [0.15, 0.2) is 18.7 Å². The number of likely N-dealkylation sites (tertiary alicyclic amines) is 1. The number of aryl methyl sites for hydroxylation is 1. The SMILES string of the molecule is O=C(c1cnn(CCC(F)(F)F)c1)N1CCC(c2nncn2C2CC2)CC1. The number of carbonyl (C=O) groups is 1. The summed E-state index contributed by atoms with van der Waals surface area (Å²) >= 11 is 0. The predicted octanol–water partition coefficient (Wildman–Crippen LogP) is 2.78. The van der Waals surface area contributed by atoms with Crippen LogP contribution in [0, 0.1) is 0 Å². The monoisotopic (exact) mass is 382 g/mol. The molecule has 0 radical (unpaired) electrons. The van der Waals surface area contributed by atoms with E-state index in [1.54, 1.807) is 11.2 Å². The van der Waals surface area contributed by atoms with E-state index in [0.29, 0.717) is 24.7 Å². The zero-order chi connectivity index (χ0) is 19.0. The van der Waals surface area contributed by atoms with Gasteiger partial charge in [-0.15, -0.1) is 10.2 Å². The first kappa shape index (κ1) is 18.0. The minimum Gasteiger partial charge on any atom is -0.339 e. The molecule has 0 unspecified atom stereocenters. The van der Waals surface area contributed by atoms with E-state index in [1.807, 2.05) is 0 Å². The van der Waals surface area contributed by atoms with E-state index in [-0.39, 0.29) is 18.4 Å². The lowest BCUT2D eigenvalue weighted by molar-refractivity contribution is -0.137. The topological polar surface area (TPSA) is 68.8 Å². The Morgan fingerprint density at radius 3 is 2.59 bits per heavy atom. The van der Waals surface area contributed by atoms with E-state index in [0.717, 1.165) is 18.7 Å². The molecule has 2 aromatic heterocycles. The summed E-state index contributed by atoms with van der Waals surface area (Å²) in [4.78, 5) is 14.3. The maximum atomic E-state index is 12.6. The standard InChI is InChI=1S/C17H21F3N6O/c18-17(19,20)5-8-25-10-13(9-22-25)16(27)24-6-3-12(4-7-24)15-23-21-11-26(15)14-1-2-14/h9-12,14H,1-8H2. The van der Waals surface area contributed by atoms with Crippen molar-refractivity contribution >= 4 is 5.91 Å². The highest BCUT2D eigenvalue weighted by Crippen LogP contribution is 2.38. The molecule has 0 N–H and O–H groups in total. The molecule has 0 spiro atoms. The van der Waals surface area contributed by atoms with Gasteiger partial charge in [0.1, 0.15) is 12.2 Å². The van der Waals surface area contributed by atoms with E-state index in [1.165, 1.54) is 29.9 Å². The van der Waals surface area contributed by atoms with Crippen LogP contribution in [0.3, 0.4) is 0 Å². The number of halogens is 3. The van der Waals surface area contributed by atoms with Crippen LogP contribution in [0.5, 0.6) is 0 Å². The summed E-state index contributed by atoms with van der Waals surface area (Å²) in [5.74, 6) is 1.10. The van der Waals surface area contributed by atoms with Gasteiger partial charge < -0.3 is 9.47 Å². The Morgan fingerprint density at radius 1 is 1.19 bits per heavy atom. The fourth-order valence-electron chi connectivity index (χ4n) is 3.54. The van der Waals surface area contributed by atoms with E-state index in [9.17, 15) is 18.0 Å². The van der Waals surface area contributed by atoms with Gasteiger partial charge >= 0.3 is 6.18 Å². The highest BCUT2D eigenvalue weighted by molar-refractivity contribution is 5.93. The average Bonchev–Trinajstić information content (AvgIpc) is 3.18. The zero-order valence-corrected chi connectivity index (χ0v) is 14.8. The normalized spacial score (nSPS) is 18.9. The van der Waals surface area contributed by atoms with Crippen LogP contribution >= 0.6 is 0 Å². The van der Waals surface area contributed by atoms with Gasteiger partial charge in [-0.25, -0.2) is 0 Å². The minimum absolute atomic E-state index is 0.185. The van der Waals surface area contributed by atoms with Crippen LogP contribution < -0.4 is 0 Å². The molecule has 0 atom stereocenters. The molecule has 1 saturated carbocycles. The van der Waals surface area contributed by atoms with Crippen molar-refractivity contribution in [2.45, 2.75) is 56.8 Å². The molecule has 2 aromatic rings. The van der Waals surface area contributed by atoms with Gasteiger partial charge in [-0.1, -0.05) is 0 Å². The van der Waals surface area contributed by atoms with Crippen molar-refractivity contribution in [3.05, 3.63) is 30.1 Å². The number of rotatable bonds is 5. The lowest BCUT2D eigenvalue weighted by atomic mass is 9.95. The predicted molar refractivity (Wildman–Crippen MR) is 89.1 cm³/mol. The third-order valence-corrected chi connectivity index (χ3v) is 5.19. The number of piperidine rings is 1. The van der Waals surface area contributed by atoms with Gasteiger partial charge in [0, 0.05) is 37.8 Å². The molecule has 10 heteroatoms. The van der Waals surface area contributed by atoms with Gasteiger partial charge in [-0.05, 0) is 25.7 Å². The number of amides is 1. The lowest BCUT2D eigenvalue weighted by Gasteiger charge is -2.31. The molecule has 1 aliphatic heterocycles. The van der Waals surface area contributed by atoms with Gasteiger partial charge in [0.15, 0.2) is 0 Å². The second kappa shape index (κ2) is 6.97. The van der Waals surface area contributed by atoms with Crippen LogP contribution in [0.25, 0.3) is 0 Å². The van der Waals surface area contributed by atoms with Crippen LogP contribution in [0.2, 0.25) is 0 Å². The number of hydrogen-bond donors (Lipinski definition) is 0. The van der Waals surface area contributed by atoms with Crippen molar-refractivity contribution in [1.29, 1.82) is 0 Å². The Kier molecular flexibility index (Phi) is 4.65. The minimum atomic E-state index is -4.24. The number of nitrogens with zero attached hydrogens (tertiary/aromatic N) is 6. The molecule has 1 amide bonds. The fraction of sp³-hybridized carbons (Fsp3) is 0.647. The van der Waals surface area contributed by atoms with E-state index < -0.39 is 12.6 Å². The van der Waals surface area contributed by atoms with Crippen molar-refractivity contribution in [3.63, 3.8) is 0 Å². The summed E-state index contributed by atoms with van der Waals surface area (Å²) in [6.45, 7) is 0.902. The van der Waals surface area contributed by atoms with Crippen molar-refractivity contribution < 1.29 is 18.0 Å². The Labute approximate surface area is 154 Å². The molecule has 2 fully saturated rings. The van der Waals surface area contributed by atoms with Crippen molar-refractivity contribution in [3.8, 4) is 0 Å². The Hall–Kier alpha value is -2.39. The van der Waals surface area contributed by atoms with Crippen LogP contribution in [-0.2, 0) is 6.54 Å². The smallest absolute Gasteiger partial charge is 0.339 e. The molecule has 0 aromatic carbocycles. The molecule has 2 aliphatic rings. The maximum Gasteiger partial charge on any atom is 0.390 e. The summed E-state index contributed by atoms with van der Waals surface area (Å²) in [7, 11) is 0. The summed E-state index contributed by atoms with van der Waals surface area (Å²) in [6.07, 6.45) is 3.27. The van der Waals surface area contributed by atoms with E-state index in [2.05, 4.69) is 19.9 Å². The van der Waals surface area contributed by atoms with Gasteiger partial charge in [0.2, 0.25) is 0 Å². The molecule has 0 bridgehead atoms. The summed E-state index contributed by atoms with van der Waals surface area (Å²) in [5, 5.41) is 12.2. The Bertz CT molecular complexity index is 802. The van der Waals surface area contributed by atoms with Crippen LogP contribution in [-0.4, -0.2) is 54.6 Å². The Balaban J connectivity index is 1.33. The number of hydrogen-bond acceptors (Lipinski definition) is 4. The van der Waals surface area contributed by atoms with Crippen molar-refractivity contribution in [1.82, 2.24) is 29.4 Å². The summed E-state index contributed by atoms with van der Waals surface area (Å²) in [5.41, 5.74) is 0.330. The molecular formula is C17H21F3N6O. The highest BCUT2D eigenvalue weighted by Gasteiger charge is 2.32. The summed E-state index contributed by atoms with van der Waals surface area (Å²) in [6, 6.07) is 0.525. The first-order valence-corrected chi connectivity index (χ1v) is 9.18. The van der Waals surface area contributed by atoms with E-state index in [4.69, 9.17) is 0 Å². The zero-order valence-electron chi connectivity index (χ0n) is 14.8. The molecule has 27 heavy (non-hydrogen) atoms. The molecule has 1 saturated heterocycles. The molecule has 7 nitrogen and oxygen atoms in total. The third-order valence-electron chi connectivity index (χ3n) is 5.19. The van der Waals surface area contributed by atoms with E-state index >= 15 is 0 Å². The lowest BCUT2D eigenvalue weighted by Crippen LogP contribution is -2.38. The Morgan fingerprint density at radius 2 is 1.93 bits per heavy atom. The second-order valence-electron chi connectivity index (χ2n) is 7.25. The molecule has 3 heterocycles. The van der Waals surface area contributed by atoms with Gasteiger partial charge in [-0.2, -0.15) is 18.3 Å². The summed E-state index contributed by atoms with van der Waals surface area (Å²) < 4.78 is 40.2. The number of alkyl halides is 3. The van der Waals surface area contributed by atoms with Crippen molar-refractivity contribution in [2.75, 3.05) is 13.1 Å². The first-order valence-electron chi connectivity index (χ1n) is 9.18. The second-order valence-corrected chi connectivity index (χ2v) is 7.25. The van der Waals surface area contributed by atoms with Crippen LogP contribution in [0.4, 0.5) is 13.2 Å². The first-order chi connectivity index (χ1) is 12.9.